The lowest BCUT2D eigenvalue weighted by Crippen LogP contribution is -2.36. The molecule has 0 fully saturated rings. The SMILES string of the molecule is COC(=O)c1nc(NC(=O)[C@H](CCSC)Nc2ccc3c(cc2=O)[C@H](NC(C)=O)CCc2cc(OC)c(OC)c(OC)c2-3)sc1C(C)C. The van der Waals surface area contributed by atoms with E-state index in [2.05, 4.69) is 20.9 Å². The molecule has 0 spiro atoms. The van der Waals surface area contributed by atoms with Crippen LogP contribution in [0.1, 0.15) is 72.1 Å². The van der Waals surface area contributed by atoms with Crippen LogP contribution in [0.5, 0.6) is 17.2 Å². The summed E-state index contributed by atoms with van der Waals surface area (Å²) in [6.07, 6.45) is 3.42. The van der Waals surface area contributed by atoms with Crippen molar-refractivity contribution in [1.82, 2.24) is 10.3 Å². The highest BCUT2D eigenvalue weighted by atomic mass is 32.2. The molecule has 3 N–H and O–H groups in total. The fourth-order valence-corrected chi connectivity index (χ4v) is 7.16. The van der Waals surface area contributed by atoms with Crippen molar-refractivity contribution >= 4 is 51.7 Å². The number of hydrogen-bond donors (Lipinski definition) is 3. The number of aromatic nitrogens is 1. The quantitative estimate of drug-likeness (QED) is 0.197. The van der Waals surface area contributed by atoms with Crippen LogP contribution in [0.2, 0.25) is 0 Å². The van der Waals surface area contributed by atoms with Gasteiger partial charge in [-0.15, -0.1) is 11.3 Å². The van der Waals surface area contributed by atoms with Gasteiger partial charge in [-0.1, -0.05) is 19.9 Å². The third-order valence-electron chi connectivity index (χ3n) is 7.96. The number of carbonyl (C=O) groups is 3. The Kier molecular flexibility index (Phi) is 12.3. The molecule has 14 heteroatoms. The molecular formula is C34H42N4O8S2. The fourth-order valence-electron chi connectivity index (χ4n) is 5.73. The minimum Gasteiger partial charge on any atom is -0.493 e. The molecule has 0 aliphatic heterocycles. The number of thiazole rings is 1. The van der Waals surface area contributed by atoms with E-state index in [0.29, 0.717) is 58.3 Å². The van der Waals surface area contributed by atoms with E-state index in [1.165, 1.54) is 45.7 Å². The maximum absolute atomic E-state index is 13.9. The molecule has 2 aromatic carbocycles. The summed E-state index contributed by atoms with van der Waals surface area (Å²) in [6, 6.07) is 5.56. The van der Waals surface area contributed by atoms with Gasteiger partial charge < -0.3 is 34.9 Å². The zero-order valence-corrected chi connectivity index (χ0v) is 30.0. The molecule has 1 heterocycles. The Morgan fingerprint density at radius 2 is 1.79 bits per heavy atom. The minimum absolute atomic E-state index is 0.0126. The predicted octanol–water partition coefficient (Wildman–Crippen LogP) is 5.40. The summed E-state index contributed by atoms with van der Waals surface area (Å²) in [5.74, 6) is 0.753. The van der Waals surface area contributed by atoms with E-state index < -0.39 is 24.0 Å². The van der Waals surface area contributed by atoms with E-state index >= 15 is 0 Å². The number of nitrogens with zero attached hydrogens (tertiary/aromatic N) is 1. The van der Waals surface area contributed by atoms with E-state index in [0.717, 1.165) is 11.1 Å². The first-order chi connectivity index (χ1) is 23.0. The highest BCUT2D eigenvalue weighted by Gasteiger charge is 2.30. The number of ether oxygens (including phenoxy) is 4. The lowest BCUT2D eigenvalue weighted by atomic mass is 9.95. The Bertz CT molecular complexity index is 1740. The second kappa shape index (κ2) is 16.2. The zero-order valence-electron chi connectivity index (χ0n) is 28.4. The van der Waals surface area contributed by atoms with E-state index in [-0.39, 0.29) is 33.8 Å². The van der Waals surface area contributed by atoms with Crippen molar-refractivity contribution < 1.29 is 33.3 Å². The van der Waals surface area contributed by atoms with Gasteiger partial charge in [-0.25, -0.2) is 9.78 Å². The highest BCUT2D eigenvalue weighted by Crippen LogP contribution is 2.50. The number of thioether (sulfide) groups is 1. The molecule has 1 aliphatic carbocycles. The van der Waals surface area contributed by atoms with Crippen LogP contribution in [0, 0.1) is 0 Å². The van der Waals surface area contributed by atoms with Crippen molar-refractivity contribution in [3.8, 4) is 28.4 Å². The molecular weight excluding hydrogens is 657 g/mol. The number of fused-ring (bicyclic) bond motifs is 3. The Labute approximate surface area is 288 Å². The number of aryl methyl sites for hydroxylation is 1. The topological polar surface area (TPSA) is 154 Å². The van der Waals surface area contributed by atoms with E-state index in [1.54, 1.807) is 31.0 Å². The molecule has 4 rings (SSSR count). The van der Waals surface area contributed by atoms with Crippen LogP contribution >= 0.6 is 23.1 Å². The minimum atomic E-state index is -0.808. The van der Waals surface area contributed by atoms with E-state index in [9.17, 15) is 19.2 Å². The number of carbonyl (C=O) groups excluding carboxylic acids is 3. The van der Waals surface area contributed by atoms with Crippen LogP contribution < -0.4 is 35.6 Å². The second-order valence-corrected chi connectivity index (χ2v) is 13.5. The monoisotopic (exact) mass is 698 g/mol. The zero-order chi connectivity index (χ0) is 35.1. The molecule has 3 aromatic rings. The molecule has 1 aromatic heterocycles. The van der Waals surface area contributed by atoms with Crippen LogP contribution in [0.4, 0.5) is 10.8 Å². The number of nitrogens with one attached hydrogen (secondary N) is 3. The second-order valence-electron chi connectivity index (χ2n) is 11.4. The maximum atomic E-state index is 13.9. The predicted molar refractivity (Wildman–Crippen MR) is 189 cm³/mol. The van der Waals surface area contributed by atoms with Gasteiger partial charge in [0.15, 0.2) is 22.3 Å². The summed E-state index contributed by atoms with van der Waals surface area (Å²) < 4.78 is 22.0. The lowest BCUT2D eigenvalue weighted by Gasteiger charge is -2.19. The molecule has 0 radical (unpaired) electrons. The van der Waals surface area contributed by atoms with Crippen molar-refractivity contribution in [3.05, 3.63) is 56.2 Å². The number of benzene rings is 1. The molecule has 0 saturated heterocycles. The number of rotatable bonds is 13. The Morgan fingerprint density at radius 3 is 2.40 bits per heavy atom. The summed E-state index contributed by atoms with van der Waals surface area (Å²) in [7, 11) is 5.90. The van der Waals surface area contributed by atoms with E-state index in [1.807, 2.05) is 26.2 Å². The average molecular weight is 699 g/mol. The molecule has 2 atom stereocenters. The van der Waals surface area contributed by atoms with Gasteiger partial charge >= 0.3 is 5.97 Å². The lowest BCUT2D eigenvalue weighted by molar-refractivity contribution is -0.120. The molecule has 12 nitrogen and oxygen atoms in total. The number of hydrogen-bond acceptors (Lipinski definition) is 12. The molecule has 0 unspecified atom stereocenters. The number of esters is 1. The van der Waals surface area contributed by atoms with Gasteiger partial charge in [0.1, 0.15) is 6.04 Å². The fraction of sp³-hybridized carbons (Fsp3) is 0.441. The highest BCUT2D eigenvalue weighted by molar-refractivity contribution is 7.98. The summed E-state index contributed by atoms with van der Waals surface area (Å²) in [4.78, 5) is 57.3. The molecule has 48 heavy (non-hydrogen) atoms. The smallest absolute Gasteiger partial charge is 0.357 e. The molecule has 258 valence electrons. The van der Waals surface area contributed by atoms with Crippen LogP contribution in [-0.4, -0.2) is 69.3 Å². The number of methoxy groups -OCH3 is 4. The van der Waals surface area contributed by atoms with Crippen LogP contribution in [0.15, 0.2) is 29.1 Å². The third kappa shape index (κ3) is 7.87. The van der Waals surface area contributed by atoms with Crippen molar-refractivity contribution in [2.24, 2.45) is 0 Å². The summed E-state index contributed by atoms with van der Waals surface area (Å²) >= 11 is 2.78. The molecule has 2 amide bonds. The van der Waals surface area contributed by atoms with Gasteiger partial charge in [-0.2, -0.15) is 11.8 Å². The van der Waals surface area contributed by atoms with Crippen molar-refractivity contribution in [2.75, 3.05) is 51.1 Å². The Balaban J connectivity index is 1.80. The molecule has 1 aliphatic rings. The van der Waals surface area contributed by atoms with Gasteiger partial charge in [-0.3, -0.25) is 14.4 Å². The normalized spacial score (nSPS) is 14.1. The average Bonchev–Trinajstić information content (AvgIpc) is 3.35. The van der Waals surface area contributed by atoms with Crippen LogP contribution in [0.3, 0.4) is 0 Å². The first-order valence-corrected chi connectivity index (χ1v) is 17.6. The van der Waals surface area contributed by atoms with Gasteiger partial charge in [0, 0.05) is 17.4 Å². The first kappa shape index (κ1) is 36.5. The van der Waals surface area contributed by atoms with Gasteiger partial charge in [0.2, 0.25) is 23.0 Å². The van der Waals surface area contributed by atoms with Gasteiger partial charge in [0.25, 0.3) is 0 Å². The molecule has 0 bridgehead atoms. The maximum Gasteiger partial charge on any atom is 0.357 e. The standard InChI is InChI=1S/C34H42N4O8S2/c1-17(2)31-28(33(42)46-7)37-34(48-31)38-32(41)24(13-14-47-8)36-23-12-10-20-21(16-25(23)40)22(35-18(3)39)11-9-19-15-26(43-4)29(44-5)30(45-6)27(19)20/h10,12,15-17,22,24H,9,11,13-14H2,1-8H3,(H,35,39)(H,36,40)(H,37,38,41)/t22-,24+/m1/s1. The Hall–Kier alpha value is -4.30. The van der Waals surface area contributed by atoms with Crippen molar-refractivity contribution in [3.63, 3.8) is 0 Å². The summed E-state index contributed by atoms with van der Waals surface area (Å²) in [5, 5.41) is 9.27. The van der Waals surface area contributed by atoms with Crippen LogP contribution in [-0.2, 0) is 20.7 Å². The third-order valence-corrected chi connectivity index (χ3v) is 9.87. The van der Waals surface area contributed by atoms with Crippen LogP contribution in [0.25, 0.3) is 11.1 Å². The largest absolute Gasteiger partial charge is 0.493 e. The van der Waals surface area contributed by atoms with Gasteiger partial charge in [-0.05, 0) is 72.1 Å². The number of amides is 2. The van der Waals surface area contributed by atoms with Gasteiger partial charge in [0.05, 0.1) is 40.2 Å². The summed E-state index contributed by atoms with van der Waals surface area (Å²) in [5.41, 5.74) is 2.91. The van der Waals surface area contributed by atoms with Crippen molar-refractivity contribution in [1.29, 1.82) is 0 Å². The summed E-state index contributed by atoms with van der Waals surface area (Å²) in [6.45, 7) is 5.30. The first-order valence-electron chi connectivity index (χ1n) is 15.4. The van der Waals surface area contributed by atoms with Crippen molar-refractivity contribution in [2.45, 2.75) is 58.0 Å². The Morgan fingerprint density at radius 1 is 1.06 bits per heavy atom. The number of anilines is 2. The van der Waals surface area contributed by atoms with E-state index in [4.69, 9.17) is 18.9 Å². The molecule has 0 saturated carbocycles.